The molecular weight excluding hydrogens is 721 g/mol. The van der Waals surface area contributed by atoms with E-state index in [0.29, 0.717) is 51.0 Å². The second kappa shape index (κ2) is 17.2. The van der Waals surface area contributed by atoms with E-state index >= 15 is 0 Å². The first-order valence-electron chi connectivity index (χ1n) is 19.4. The van der Waals surface area contributed by atoms with Crippen molar-refractivity contribution in [3.05, 3.63) is 130 Å². The minimum atomic E-state index is -0.609. The number of esters is 1. The Balaban J connectivity index is 1.22. The van der Waals surface area contributed by atoms with Crippen LogP contribution in [0.5, 0.6) is 11.5 Å². The molecular formula is C48H52O9. The maximum absolute atomic E-state index is 13.6. The Hall–Kier alpha value is -5.67. The van der Waals surface area contributed by atoms with Gasteiger partial charge in [-0.05, 0) is 90.8 Å². The number of benzene rings is 4. The van der Waals surface area contributed by atoms with Crippen molar-refractivity contribution >= 4 is 27.9 Å². The summed E-state index contributed by atoms with van der Waals surface area (Å²) in [4.78, 5) is 39.2. The zero-order valence-electron chi connectivity index (χ0n) is 34.0. The summed E-state index contributed by atoms with van der Waals surface area (Å²) in [5, 5.41) is 1.41. The molecule has 0 radical (unpaired) electrons. The Morgan fingerprint density at radius 3 is 1.49 bits per heavy atom. The summed E-state index contributed by atoms with van der Waals surface area (Å²) in [6.45, 7) is 16.4. The lowest BCUT2D eigenvalue weighted by atomic mass is 9.72. The summed E-state index contributed by atoms with van der Waals surface area (Å²) in [5.74, 6) is 0.537. The van der Waals surface area contributed by atoms with Gasteiger partial charge in [-0.3, -0.25) is 4.79 Å². The summed E-state index contributed by atoms with van der Waals surface area (Å²) in [6, 6.07) is 32.8. The van der Waals surface area contributed by atoms with Crippen molar-refractivity contribution in [2.75, 3.05) is 13.2 Å². The number of hydrogen-bond donors (Lipinski definition) is 0. The molecule has 2 aromatic heterocycles. The topological polar surface area (TPSA) is 114 Å². The van der Waals surface area contributed by atoms with E-state index < -0.39 is 29.6 Å². The molecule has 0 aliphatic carbocycles. The minimum Gasteiger partial charge on any atom is -0.491 e. The fourth-order valence-corrected chi connectivity index (χ4v) is 6.66. The maximum atomic E-state index is 13.6. The van der Waals surface area contributed by atoms with E-state index in [2.05, 4.69) is 41.5 Å². The molecule has 2 heterocycles. The molecule has 298 valence electrons. The van der Waals surface area contributed by atoms with Gasteiger partial charge >= 0.3 is 17.2 Å². The van der Waals surface area contributed by atoms with Crippen molar-refractivity contribution in [1.29, 1.82) is 0 Å². The Morgan fingerprint density at radius 2 is 1.07 bits per heavy atom. The second-order valence-electron chi connectivity index (χ2n) is 16.9. The summed E-state index contributed by atoms with van der Waals surface area (Å²) < 4.78 is 36.5. The molecule has 0 bridgehead atoms. The van der Waals surface area contributed by atoms with Crippen molar-refractivity contribution in [2.24, 2.45) is 16.7 Å². The van der Waals surface area contributed by atoms with E-state index in [1.54, 1.807) is 36.4 Å². The minimum absolute atomic E-state index is 0.0589. The molecule has 0 saturated heterocycles. The van der Waals surface area contributed by atoms with Crippen LogP contribution in [0.15, 0.2) is 128 Å². The molecule has 0 fully saturated rings. The average Bonchev–Trinajstić information content (AvgIpc) is 3.17. The molecule has 57 heavy (non-hydrogen) atoms. The molecule has 6 rings (SSSR count). The van der Waals surface area contributed by atoms with Gasteiger partial charge in [0.05, 0.1) is 23.1 Å². The van der Waals surface area contributed by atoms with Crippen molar-refractivity contribution < 1.29 is 32.6 Å². The molecule has 0 amide bonds. The van der Waals surface area contributed by atoms with Crippen LogP contribution in [0.4, 0.5) is 0 Å². The molecule has 0 spiro atoms. The van der Waals surface area contributed by atoms with E-state index in [-0.39, 0.29) is 35.9 Å². The van der Waals surface area contributed by atoms with E-state index in [0.717, 1.165) is 11.1 Å². The van der Waals surface area contributed by atoms with Gasteiger partial charge in [0.2, 0.25) is 0 Å². The summed E-state index contributed by atoms with van der Waals surface area (Å²) >= 11 is 0. The van der Waals surface area contributed by atoms with Gasteiger partial charge in [-0.1, -0.05) is 102 Å². The molecule has 3 atom stereocenters. The van der Waals surface area contributed by atoms with Crippen LogP contribution in [0.1, 0.15) is 61.8 Å². The maximum Gasteiger partial charge on any atom is 0.344 e. The molecule has 0 N–H and O–H groups in total. The van der Waals surface area contributed by atoms with Gasteiger partial charge in [-0.15, -0.1) is 0 Å². The van der Waals surface area contributed by atoms with Gasteiger partial charge in [0, 0.05) is 10.8 Å². The van der Waals surface area contributed by atoms with Gasteiger partial charge in [0.1, 0.15) is 48.1 Å². The molecule has 0 aliphatic rings. The van der Waals surface area contributed by atoms with Gasteiger partial charge in [-0.2, -0.15) is 0 Å². The normalized spacial score (nSPS) is 13.7. The van der Waals surface area contributed by atoms with Gasteiger partial charge in [0.25, 0.3) is 0 Å². The van der Waals surface area contributed by atoms with Crippen LogP contribution in [0.2, 0.25) is 0 Å². The van der Waals surface area contributed by atoms with Crippen LogP contribution >= 0.6 is 0 Å². The molecule has 6 aromatic rings. The lowest BCUT2D eigenvalue weighted by Crippen LogP contribution is -2.40. The summed E-state index contributed by atoms with van der Waals surface area (Å²) in [7, 11) is 0. The highest BCUT2D eigenvalue weighted by atomic mass is 16.6. The number of ether oxygens (including phenoxy) is 4. The Morgan fingerprint density at radius 1 is 0.614 bits per heavy atom. The number of rotatable bonds is 14. The molecule has 9 nitrogen and oxygen atoms in total. The third-order valence-corrected chi connectivity index (χ3v) is 9.97. The summed E-state index contributed by atoms with van der Waals surface area (Å²) in [6.07, 6.45) is -1.00. The fourth-order valence-electron chi connectivity index (χ4n) is 6.66. The third-order valence-electron chi connectivity index (χ3n) is 9.97. The highest BCUT2D eigenvalue weighted by Crippen LogP contribution is 2.37. The van der Waals surface area contributed by atoms with Gasteiger partial charge in [0.15, 0.2) is 0 Å². The molecule has 0 aliphatic heterocycles. The Bertz CT molecular complexity index is 2280. The molecule has 0 saturated carbocycles. The number of fused-ring (bicyclic) bond motifs is 2. The van der Waals surface area contributed by atoms with Crippen LogP contribution < -0.4 is 20.7 Å². The van der Waals surface area contributed by atoms with Gasteiger partial charge < -0.3 is 27.8 Å². The zero-order valence-corrected chi connectivity index (χ0v) is 34.0. The number of hydrogen-bond acceptors (Lipinski definition) is 9. The number of carbonyl (C=O) groups excluding carboxylic acids is 1. The lowest BCUT2D eigenvalue weighted by Gasteiger charge is -2.35. The fraction of sp³-hybridized carbons (Fsp3) is 0.354. The van der Waals surface area contributed by atoms with Crippen LogP contribution in [0.3, 0.4) is 0 Å². The van der Waals surface area contributed by atoms with Crippen LogP contribution in [-0.2, 0) is 14.3 Å². The van der Waals surface area contributed by atoms with Crippen LogP contribution in [0, 0.1) is 16.7 Å². The standard InChI is InChI=1S/C48H52O9/c1-30(31(2)55-46(51)41(48(6,7)8)27-47(3,4)5)54-38(28-52-36-19-21-42-34(23-36)25-39(44(49)56-42)32-15-11-9-12-16-32)29-53-37-20-22-43-35(24-37)26-40(45(50)57-43)33-17-13-10-14-18-33/h9-26,30-31,38,41H,27-29H2,1-8H3. The first-order valence-corrected chi connectivity index (χ1v) is 19.4. The molecule has 9 heteroatoms. The average molecular weight is 773 g/mol. The first-order chi connectivity index (χ1) is 27.0. The van der Waals surface area contributed by atoms with Crippen LogP contribution in [0.25, 0.3) is 44.2 Å². The van der Waals surface area contributed by atoms with Gasteiger partial charge in [-0.25, -0.2) is 9.59 Å². The smallest absolute Gasteiger partial charge is 0.344 e. The number of carbonyl (C=O) groups is 1. The van der Waals surface area contributed by atoms with E-state index in [4.69, 9.17) is 27.8 Å². The predicted octanol–water partition coefficient (Wildman–Crippen LogP) is 10.5. The predicted molar refractivity (Wildman–Crippen MR) is 224 cm³/mol. The van der Waals surface area contributed by atoms with Crippen molar-refractivity contribution in [2.45, 2.75) is 80.1 Å². The summed E-state index contributed by atoms with van der Waals surface area (Å²) in [5.41, 5.74) is 2.12. The SMILES string of the molecule is CC(OC(=O)C(CC(C)(C)C)C(C)(C)C)C(C)OC(COc1ccc2oc(=O)c(-c3ccccc3)cc2c1)COc1ccc2oc(=O)c(-c3ccccc3)cc2c1. The monoisotopic (exact) mass is 772 g/mol. The van der Waals surface area contributed by atoms with E-state index in [9.17, 15) is 14.4 Å². The third kappa shape index (κ3) is 10.6. The Labute approximate surface area is 333 Å². The quantitative estimate of drug-likeness (QED) is 0.0788. The van der Waals surface area contributed by atoms with Crippen molar-refractivity contribution in [1.82, 2.24) is 0 Å². The largest absolute Gasteiger partial charge is 0.491 e. The highest BCUT2D eigenvalue weighted by molar-refractivity contribution is 5.84. The van der Waals surface area contributed by atoms with Crippen molar-refractivity contribution in [3.63, 3.8) is 0 Å². The first kappa shape index (κ1) is 41.0. The molecule has 3 unspecified atom stereocenters. The highest BCUT2D eigenvalue weighted by Gasteiger charge is 2.37. The van der Waals surface area contributed by atoms with E-state index in [1.165, 1.54) is 0 Å². The van der Waals surface area contributed by atoms with Crippen molar-refractivity contribution in [3.8, 4) is 33.8 Å². The Kier molecular flexibility index (Phi) is 12.4. The van der Waals surface area contributed by atoms with Crippen LogP contribution in [-0.4, -0.2) is 37.5 Å². The second-order valence-corrected chi connectivity index (χ2v) is 16.9. The zero-order chi connectivity index (χ0) is 40.9. The molecule has 4 aromatic carbocycles. The lowest BCUT2D eigenvalue weighted by molar-refractivity contribution is -0.169. The van der Waals surface area contributed by atoms with E-state index in [1.807, 2.05) is 86.6 Å².